The summed E-state index contributed by atoms with van der Waals surface area (Å²) in [7, 11) is 0. The second kappa shape index (κ2) is 3.74. The number of fused-ring (bicyclic) bond motifs is 3. The van der Waals surface area contributed by atoms with Crippen molar-refractivity contribution < 1.29 is 4.74 Å². The Morgan fingerprint density at radius 1 is 1.12 bits per heavy atom. The molecule has 1 saturated carbocycles. The topological polar surface area (TPSA) is 21.3 Å². The van der Waals surface area contributed by atoms with Crippen LogP contribution in [0.2, 0.25) is 0 Å². The van der Waals surface area contributed by atoms with Crippen LogP contribution in [0.5, 0.6) is 0 Å². The van der Waals surface area contributed by atoms with Gasteiger partial charge in [-0.05, 0) is 37.7 Å². The van der Waals surface area contributed by atoms with Crippen LogP contribution in [0.25, 0.3) is 0 Å². The SMILES string of the molecule is c1ccc2c(c1)N[C@@H](C1CC1)[C@@H]1CCCO[C@H]21. The Bertz CT molecular complexity index is 427. The molecule has 2 nitrogen and oxygen atoms in total. The van der Waals surface area contributed by atoms with Crippen molar-refractivity contribution in [3.05, 3.63) is 29.8 Å². The Kier molecular flexibility index (Phi) is 2.19. The molecule has 17 heavy (non-hydrogen) atoms. The van der Waals surface area contributed by atoms with Crippen LogP contribution >= 0.6 is 0 Å². The van der Waals surface area contributed by atoms with Gasteiger partial charge in [0.05, 0.1) is 6.10 Å². The molecule has 0 bridgehead atoms. The highest BCUT2D eigenvalue weighted by atomic mass is 16.5. The predicted octanol–water partition coefficient (Wildman–Crippen LogP) is 3.36. The van der Waals surface area contributed by atoms with E-state index in [1.807, 2.05) is 0 Å². The number of nitrogens with one attached hydrogen (secondary N) is 1. The summed E-state index contributed by atoms with van der Waals surface area (Å²) < 4.78 is 6.08. The van der Waals surface area contributed by atoms with Crippen molar-refractivity contribution >= 4 is 5.69 Å². The molecule has 1 aromatic rings. The third-order valence-corrected chi connectivity index (χ3v) is 4.55. The largest absolute Gasteiger partial charge is 0.381 e. The first-order valence-electron chi connectivity index (χ1n) is 6.90. The molecule has 1 aliphatic carbocycles. The Hall–Kier alpha value is -1.02. The van der Waals surface area contributed by atoms with E-state index in [1.54, 1.807) is 0 Å². The average molecular weight is 229 g/mol. The molecule has 0 aromatic heterocycles. The fourth-order valence-electron chi connectivity index (χ4n) is 3.58. The van der Waals surface area contributed by atoms with E-state index in [4.69, 9.17) is 4.74 Å². The van der Waals surface area contributed by atoms with Crippen molar-refractivity contribution in [2.45, 2.75) is 37.8 Å². The van der Waals surface area contributed by atoms with Crippen LogP contribution in [0.4, 0.5) is 5.69 Å². The predicted molar refractivity (Wildman–Crippen MR) is 68.0 cm³/mol. The van der Waals surface area contributed by atoms with Gasteiger partial charge >= 0.3 is 0 Å². The van der Waals surface area contributed by atoms with Gasteiger partial charge in [0.2, 0.25) is 0 Å². The molecule has 3 atom stereocenters. The van der Waals surface area contributed by atoms with Gasteiger partial charge in [0.15, 0.2) is 0 Å². The van der Waals surface area contributed by atoms with Gasteiger partial charge in [0, 0.05) is 29.8 Å². The standard InChI is InChI=1S/C15H19NO/c1-2-6-13-11(4-1)15-12(5-3-9-17-15)14(16-13)10-7-8-10/h1-2,4,6,10,12,14-16H,3,5,7-9H2/t12-,14-,15+/m0/s1. The lowest BCUT2D eigenvalue weighted by atomic mass is 9.78. The molecule has 3 aliphatic rings. The molecule has 0 amide bonds. The zero-order valence-electron chi connectivity index (χ0n) is 10.1. The molecule has 2 heteroatoms. The highest BCUT2D eigenvalue weighted by Gasteiger charge is 2.45. The minimum atomic E-state index is 0.354. The van der Waals surface area contributed by atoms with Crippen LogP contribution in [0, 0.1) is 11.8 Å². The van der Waals surface area contributed by atoms with E-state index < -0.39 is 0 Å². The zero-order valence-corrected chi connectivity index (χ0v) is 10.1. The summed E-state index contributed by atoms with van der Waals surface area (Å²) >= 11 is 0. The third kappa shape index (κ3) is 1.58. The molecule has 2 aliphatic heterocycles. The Morgan fingerprint density at radius 3 is 2.88 bits per heavy atom. The molecule has 2 fully saturated rings. The Balaban J connectivity index is 1.75. The van der Waals surface area contributed by atoms with Crippen molar-refractivity contribution in [1.82, 2.24) is 0 Å². The second-order valence-electron chi connectivity index (χ2n) is 5.69. The molecule has 90 valence electrons. The lowest BCUT2D eigenvalue weighted by Crippen LogP contribution is -2.42. The summed E-state index contributed by atoms with van der Waals surface area (Å²) in [5, 5.41) is 3.78. The van der Waals surface area contributed by atoms with Crippen molar-refractivity contribution in [3.63, 3.8) is 0 Å². The van der Waals surface area contributed by atoms with Crippen LogP contribution in [0.3, 0.4) is 0 Å². The summed E-state index contributed by atoms with van der Waals surface area (Å²) in [6, 6.07) is 9.36. The van der Waals surface area contributed by atoms with Crippen molar-refractivity contribution in [2.75, 3.05) is 11.9 Å². The summed E-state index contributed by atoms with van der Waals surface area (Å²) in [6.45, 7) is 0.937. The van der Waals surface area contributed by atoms with Gasteiger partial charge < -0.3 is 10.1 Å². The second-order valence-corrected chi connectivity index (χ2v) is 5.69. The Morgan fingerprint density at radius 2 is 2.00 bits per heavy atom. The number of benzene rings is 1. The summed E-state index contributed by atoms with van der Waals surface area (Å²) in [4.78, 5) is 0. The van der Waals surface area contributed by atoms with Gasteiger partial charge in [-0.25, -0.2) is 0 Å². The molecule has 0 unspecified atom stereocenters. The molecule has 0 radical (unpaired) electrons. The number of para-hydroxylation sites is 1. The summed E-state index contributed by atoms with van der Waals surface area (Å²) in [5.74, 6) is 1.60. The van der Waals surface area contributed by atoms with Gasteiger partial charge in [-0.1, -0.05) is 18.2 Å². The molecule has 1 saturated heterocycles. The van der Waals surface area contributed by atoms with Gasteiger partial charge in [0.1, 0.15) is 0 Å². The van der Waals surface area contributed by atoms with E-state index in [0.29, 0.717) is 18.1 Å². The molecule has 4 rings (SSSR count). The fraction of sp³-hybridized carbons (Fsp3) is 0.600. The lowest BCUT2D eigenvalue weighted by Gasteiger charge is -2.43. The van der Waals surface area contributed by atoms with E-state index in [0.717, 1.165) is 12.5 Å². The minimum absolute atomic E-state index is 0.354. The number of hydrogen-bond acceptors (Lipinski definition) is 2. The van der Waals surface area contributed by atoms with E-state index in [-0.39, 0.29) is 0 Å². The fourth-order valence-corrected chi connectivity index (χ4v) is 3.58. The smallest absolute Gasteiger partial charge is 0.0892 e. The quantitative estimate of drug-likeness (QED) is 0.797. The van der Waals surface area contributed by atoms with Crippen molar-refractivity contribution in [2.24, 2.45) is 11.8 Å². The molecule has 0 spiro atoms. The summed E-state index contributed by atoms with van der Waals surface area (Å²) in [5.41, 5.74) is 2.70. The number of anilines is 1. The molecule has 2 heterocycles. The van der Waals surface area contributed by atoms with Crippen LogP contribution in [-0.2, 0) is 4.74 Å². The first kappa shape index (κ1) is 9.95. The monoisotopic (exact) mass is 229 g/mol. The van der Waals surface area contributed by atoms with Crippen LogP contribution in [0.15, 0.2) is 24.3 Å². The minimum Gasteiger partial charge on any atom is -0.381 e. The van der Waals surface area contributed by atoms with E-state index in [9.17, 15) is 0 Å². The van der Waals surface area contributed by atoms with Crippen LogP contribution in [-0.4, -0.2) is 12.6 Å². The van der Waals surface area contributed by atoms with Gasteiger partial charge in [-0.2, -0.15) is 0 Å². The molecular weight excluding hydrogens is 210 g/mol. The maximum absolute atomic E-state index is 6.08. The first-order chi connectivity index (χ1) is 8.43. The normalized spacial score (nSPS) is 35.6. The van der Waals surface area contributed by atoms with Gasteiger partial charge in [-0.3, -0.25) is 0 Å². The van der Waals surface area contributed by atoms with Gasteiger partial charge in [0.25, 0.3) is 0 Å². The molecule has 1 aromatic carbocycles. The van der Waals surface area contributed by atoms with Crippen LogP contribution in [0.1, 0.15) is 37.4 Å². The average Bonchev–Trinajstić information content (AvgIpc) is 3.22. The first-order valence-corrected chi connectivity index (χ1v) is 6.90. The van der Waals surface area contributed by atoms with E-state index in [2.05, 4.69) is 29.6 Å². The summed E-state index contributed by atoms with van der Waals surface area (Å²) in [6.07, 6.45) is 5.72. The Labute approximate surface area is 102 Å². The number of rotatable bonds is 1. The maximum Gasteiger partial charge on any atom is 0.0892 e. The van der Waals surface area contributed by atoms with E-state index in [1.165, 1.54) is 36.9 Å². The zero-order chi connectivity index (χ0) is 11.2. The maximum atomic E-state index is 6.08. The van der Waals surface area contributed by atoms with Crippen LogP contribution < -0.4 is 5.32 Å². The van der Waals surface area contributed by atoms with Crippen molar-refractivity contribution in [3.8, 4) is 0 Å². The van der Waals surface area contributed by atoms with Gasteiger partial charge in [-0.15, -0.1) is 0 Å². The number of ether oxygens (including phenoxy) is 1. The number of hydrogen-bond donors (Lipinski definition) is 1. The highest BCUT2D eigenvalue weighted by Crippen LogP contribution is 2.49. The van der Waals surface area contributed by atoms with E-state index >= 15 is 0 Å². The third-order valence-electron chi connectivity index (χ3n) is 4.55. The highest BCUT2D eigenvalue weighted by molar-refractivity contribution is 5.56. The van der Waals surface area contributed by atoms with Crippen molar-refractivity contribution in [1.29, 1.82) is 0 Å². The molecular formula is C15H19NO. The molecule has 1 N–H and O–H groups in total. The lowest BCUT2D eigenvalue weighted by molar-refractivity contribution is -0.0399.